The Morgan fingerprint density at radius 3 is 3.00 bits per heavy atom. The maximum Gasteiger partial charge on any atom is 0.271 e. The zero-order valence-corrected chi connectivity index (χ0v) is 20.0. The fraction of sp³-hybridized carbons (Fsp3) is 0.320. The molecule has 4 N–H and O–H groups in total. The van der Waals surface area contributed by atoms with Gasteiger partial charge in [0.15, 0.2) is 11.4 Å². The lowest BCUT2D eigenvalue weighted by Crippen LogP contribution is -2.39. The SMILES string of the molecule is COc1c(Cl)cccc1Nc1c2nn3c1C(=O)NC[C@@H]3C/C=C\CC[C@@H]1CNc3nccc-2c3N1. The van der Waals surface area contributed by atoms with Crippen LogP contribution in [0.2, 0.25) is 5.02 Å². The third-order valence-corrected chi connectivity index (χ3v) is 7.03. The number of fused-ring (bicyclic) bond motifs is 3. The average Bonchev–Trinajstić information content (AvgIpc) is 3.24. The minimum atomic E-state index is -0.175. The van der Waals surface area contributed by atoms with Gasteiger partial charge in [-0.25, -0.2) is 4.98 Å². The smallest absolute Gasteiger partial charge is 0.271 e. The normalized spacial score (nSPS) is 21.3. The third kappa shape index (κ3) is 3.76. The number of nitrogens with one attached hydrogen (secondary N) is 4. The molecule has 0 fully saturated rings. The Morgan fingerprint density at radius 1 is 1.20 bits per heavy atom. The van der Waals surface area contributed by atoms with E-state index in [2.05, 4.69) is 38.4 Å². The van der Waals surface area contributed by atoms with Crippen molar-refractivity contribution in [2.75, 3.05) is 36.1 Å². The zero-order valence-electron chi connectivity index (χ0n) is 19.3. The Balaban J connectivity index is 1.59. The van der Waals surface area contributed by atoms with Gasteiger partial charge in [0.1, 0.15) is 11.5 Å². The van der Waals surface area contributed by atoms with Gasteiger partial charge in [-0.1, -0.05) is 29.8 Å². The van der Waals surface area contributed by atoms with Gasteiger partial charge in [0, 0.05) is 30.9 Å². The molecule has 1 amide bonds. The molecule has 2 atom stereocenters. The lowest BCUT2D eigenvalue weighted by atomic mass is 10.0. The number of para-hydroxylation sites is 1. The van der Waals surface area contributed by atoms with E-state index >= 15 is 0 Å². The summed E-state index contributed by atoms with van der Waals surface area (Å²) in [6.07, 6.45) is 8.92. The number of hydrogen-bond donors (Lipinski definition) is 4. The van der Waals surface area contributed by atoms with E-state index in [1.54, 1.807) is 19.4 Å². The predicted molar refractivity (Wildman–Crippen MR) is 137 cm³/mol. The van der Waals surface area contributed by atoms with Gasteiger partial charge < -0.3 is 26.0 Å². The van der Waals surface area contributed by atoms with Crippen LogP contribution in [0.3, 0.4) is 0 Å². The lowest BCUT2D eigenvalue weighted by Gasteiger charge is -2.29. The fourth-order valence-corrected chi connectivity index (χ4v) is 5.25. The van der Waals surface area contributed by atoms with Gasteiger partial charge in [-0.05, 0) is 37.5 Å². The molecule has 3 aliphatic heterocycles. The molecule has 3 aromatic rings. The van der Waals surface area contributed by atoms with Crippen molar-refractivity contribution in [2.24, 2.45) is 0 Å². The summed E-state index contributed by atoms with van der Waals surface area (Å²) in [7, 11) is 1.57. The number of benzene rings is 1. The molecule has 6 rings (SSSR count). The van der Waals surface area contributed by atoms with Gasteiger partial charge in [-0.2, -0.15) is 5.10 Å². The van der Waals surface area contributed by atoms with Crippen LogP contribution in [0.25, 0.3) is 11.3 Å². The first kappa shape index (κ1) is 21.8. The number of carbonyl (C=O) groups excluding carboxylic acids is 1. The van der Waals surface area contributed by atoms with Gasteiger partial charge in [0.25, 0.3) is 5.91 Å². The second kappa shape index (κ2) is 8.81. The minimum Gasteiger partial charge on any atom is -0.493 e. The number of halogens is 1. The number of nitrogens with zero attached hydrogens (tertiary/aromatic N) is 3. The number of allylic oxidation sites excluding steroid dienone is 2. The topological polar surface area (TPSA) is 105 Å². The van der Waals surface area contributed by atoms with E-state index in [0.29, 0.717) is 40.1 Å². The van der Waals surface area contributed by atoms with Crippen LogP contribution in [0.15, 0.2) is 42.6 Å². The maximum absolute atomic E-state index is 13.2. The van der Waals surface area contributed by atoms with E-state index in [9.17, 15) is 4.79 Å². The highest BCUT2D eigenvalue weighted by molar-refractivity contribution is 6.32. The molecule has 180 valence electrons. The van der Waals surface area contributed by atoms with Crippen molar-refractivity contribution < 1.29 is 9.53 Å². The summed E-state index contributed by atoms with van der Waals surface area (Å²) < 4.78 is 7.42. The van der Waals surface area contributed by atoms with Gasteiger partial charge in [0.2, 0.25) is 0 Å². The van der Waals surface area contributed by atoms with Crippen LogP contribution in [0, 0.1) is 0 Å². The number of hydrogen-bond acceptors (Lipinski definition) is 7. The zero-order chi connectivity index (χ0) is 23.9. The lowest BCUT2D eigenvalue weighted by molar-refractivity contribution is 0.0911. The van der Waals surface area contributed by atoms with Crippen LogP contribution in [-0.4, -0.2) is 46.9 Å². The quantitative estimate of drug-likeness (QED) is 0.397. The first-order chi connectivity index (χ1) is 17.1. The van der Waals surface area contributed by atoms with Crippen molar-refractivity contribution in [3.63, 3.8) is 0 Å². The molecule has 3 aliphatic rings. The molecule has 4 bridgehead atoms. The molecule has 0 aliphatic carbocycles. The van der Waals surface area contributed by atoms with Crippen molar-refractivity contribution in [2.45, 2.75) is 31.3 Å². The summed E-state index contributed by atoms with van der Waals surface area (Å²) in [5.41, 5.74) is 4.17. The molecular formula is C25H26ClN7O2. The molecular weight excluding hydrogens is 466 g/mol. The average molecular weight is 492 g/mol. The Labute approximate surface area is 207 Å². The summed E-state index contributed by atoms with van der Waals surface area (Å²) in [5, 5.41) is 19.1. The van der Waals surface area contributed by atoms with Crippen LogP contribution in [0.5, 0.6) is 5.75 Å². The minimum absolute atomic E-state index is 0.00651. The summed E-state index contributed by atoms with van der Waals surface area (Å²) in [4.78, 5) is 17.7. The van der Waals surface area contributed by atoms with Crippen LogP contribution < -0.4 is 26.0 Å². The first-order valence-electron chi connectivity index (χ1n) is 11.8. The molecule has 1 aromatic carbocycles. The summed E-state index contributed by atoms with van der Waals surface area (Å²) in [6, 6.07) is 7.68. The van der Waals surface area contributed by atoms with Crippen molar-refractivity contribution in [1.29, 1.82) is 0 Å². The van der Waals surface area contributed by atoms with Gasteiger partial charge in [-0.15, -0.1) is 0 Å². The van der Waals surface area contributed by atoms with Gasteiger partial charge in [0.05, 0.1) is 35.2 Å². The predicted octanol–water partition coefficient (Wildman–Crippen LogP) is 4.58. The van der Waals surface area contributed by atoms with E-state index in [4.69, 9.17) is 21.4 Å². The number of aromatic nitrogens is 3. The van der Waals surface area contributed by atoms with Crippen molar-refractivity contribution >= 4 is 40.4 Å². The summed E-state index contributed by atoms with van der Waals surface area (Å²) in [5.74, 6) is 1.11. The number of pyridine rings is 1. The number of anilines is 4. The molecule has 5 heterocycles. The number of carbonyl (C=O) groups is 1. The Kier molecular flexibility index (Phi) is 5.49. The molecule has 9 nitrogen and oxygen atoms in total. The molecule has 0 radical (unpaired) electrons. The van der Waals surface area contributed by atoms with Crippen molar-refractivity contribution in [3.05, 3.63) is 53.3 Å². The number of amides is 1. The number of ether oxygens (including phenoxy) is 1. The second-order valence-corrected chi connectivity index (χ2v) is 9.32. The molecule has 35 heavy (non-hydrogen) atoms. The second-order valence-electron chi connectivity index (χ2n) is 8.92. The molecule has 0 saturated carbocycles. The summed E-state index contributed by atoms with van der Waals surface area (Å²) >= 11 is 6.40. The van der Waals surface area contributed by atoms with Crippen molar-refractivity contribution in [1.82, 2.24) is 20.1 Å². The van der Waals surface area contributed by atoms with E-state index in [1.807, 2.05) is 22.9 Å². The first-order valence-corrected chi connectivity index (χ1v) is 12.2. The molecule has 0 spiro atoms. The van der Waals surface area contributed by atoms with E-state index < -0.39 is 0 Å². The fourth-order valence-electron chi connectivity index (χ4n) is 4.99. The molecule has 0 saturated heterocycles. The van der Waals surface area contributed by atoms with E-state index in [1.165, 1.54) is 0 Å². The highest BCUT2D eigenvalue weighted by atomic mass is 35.5. The molecule has 2 aromatic heterocycles. The van der Waals surface area contributed by atoms with Crippen LogP contribution >= 0.6 is 11.6 Å². The molecule has 0 unspecified atom stereocenters. The van der Waals surface area contributed by atoms with E-state index in [0.717, 1.165) is 42.9 Å². The Bertz CT molecular complexity index is 1340. The highest BCUT2D eigenvalue weighted by Crippen LogP contribution is 2.44. The Morgan fingerprint density at radius 2 is 2.11 bits per heavy atom. The van der Waals surface area contributed by atoms with E-state index in [-0.39, 0.29) is 18.0 Å². The van der Waals surface area contributed by atoms with Crippen LogP contribution in [0.4, 0.5) is 22.9 Å². The molecule has 10 heteroatoms. The van der Waals surface area contributed by atoms with Crippen molar-refractivity contribution in [3.8, 4) is 17.0 Å². The van der Waals surface area contributed by atoms with Crippen LogP contribution in [-0.2, 0) is 0 Å². The van der Waals surface area contributed by atoms with Gasteiger partial charge in [-0.3, -0.25) is 9.48 Å². The maximum atomic E-state index is 13.2. The number of methoxy groups -OCH3 is 1. The van der Waals surface area contributed by atoms with Crippen LogP contribution in [0.1, 0.15) is 35.8 Å². The largest absolute Gasteiger partial charge is 0.493 e. The van der Waals surface area contributed by atoms with Gasteiger partial charge >= 0.3 is 0 Å². The highest BCUT2D eigenvalue weighted by Gasteiger charge is 2.34. The third-order valence-electron chi connectivity index (χ3n) is 6.73. The Hall–Kier alpha value is -3.72. The standard InChI is InChI=1S/C25H26ClN7O2/c1-35-23-17(26)8-5-9-18(23)31-21-19-16-10-11-27-24-20(16)30-14(12-28-24)6-3-2-4-7-15-13-29-25(34)22(21)33(15)32-19/h2,4-5,8-11,14-15,30-31H,3,6-7,12-13H2,1H3,(H,27,28)(H,29,34)/b4-2-/t14-,15+/m1/s1. The monoisotopic (exact) mass is 491 g/mol. The summed E-state index contributed by atoms with van der Waals surface area (Å²) in [6.45, 7) is 1.32. The number of rotatable bonds is 3.